The first-order valence-corrected chi connectivity index (χ1v) is 9.48. The van der Waals surface area contributed by atoms with Crippen LogP contribution in [0.4, 0.5) is 0 Å². The molecule has 0 bridgehead atoms. The Labute approximate surface area is 170 Å². The van der Waals surface area contributed by atoms with E-state index >= 15 is 0 Å². The molecule has 2 aromatic carbocycles. The summed E-state index contributed by atoms with van der Waals surface area (Å²) in [6, 6.07) is 17.2. The van der Waals surface area contributed by atoms with Gasteiger partial charge in [-0.1, -0.05) is 18.2 Å². The van der Waals surface area contributed by atoms with Crippen molar-refractivity contribution in [1.82, 2.24) is 23.5 Å². The van der Waals surface area contributed by atoms with E-state index in [1.54, 1.807) is 11.4 Å². The van der Waals surface area contributed by atoms with Gasteiger partial charge in [0.2, 0.25) is 5.78 Å². The molecule has 8 heteroatoms. The van der Waals surface area contributed by atoms with Crippen LogP contribution in [-0.4, -0.2) is 23.5 Å². The van der Waals surface area contributed by atoms with Gasteiger partial charge in [-0.15, -0.1) is 0 Å². The van der Waals surface area contributed by atoms with Crippen molar-refractivity contribution in [2.24, 2.45) is 7.05 Å². The third-order valence-corrected chi connectivity index (χ3v) is 5.37. The second kappa shape index (κ2) is 6.48. The zero-order valence-corrected chi connectivity index (χ0v) is 16.7. The number of imidazole rings is 2. The number of aromatic nitrogens is 5. The van der Waals surface area contributed by atoms with Crippen LogP contribution in [0.5, 0.6) is 11.5 Å². The Bertz CT molecular complexity index is 1520. The predicted molar refractivity (Wildman–Crippen MR) is 114 cm³/mol. The summed E-state index contributed by atoms with van der Waals surface area (Å²) in [5, 5.41) is 0. The van der Waals surface area contributed by atoms with Crippen LogP contribution in [0.2, 0.25) is 0 Å². The molecule has 30 heavy (non-hydrogen) atoms. The monoisotopic (exact) mass is 401 g/mol. The Hall–Kier alpha value is -4.07. The minimum atomic E-state index is -0.489. The molecule has 0 aliphatic heterocycles. The van der Waals surface area contributed by atoms with Crippen LogP contribution in [0.1, 0.15) is 11.4 Å². The van der Waals surface area contributed by atoms with Gasteiger partial charge in [-0.25, -0.2) is 4.79 Å². The highest BCUT2D eigenvalue weighted by Crippen LogP contribution is 2.27. The summed E-state index contributed by atoms with van der Waals surface area (Å²) in [6.07, 6.45) is 0. The Morgan fingerprint density at radius 1 is 0.900 bits per heavy atom. The van der Waals surface area contributed by atoms with Crippen molar-refractivity contribution in [3.63, 3.8) is 0 Å². The molecular weight excluding hydrogens is 382 g/mol. The summed E-state index contributed by atoms with van der Waals surface area (Å²) < 4.78 is 11.0. The van der Waals surface area contributed by atoms with Gasteiger partial charge < -0.3 is 4.74 Å². The van der Waals surface area contributed by atoms with Crippen LogP contribution in [0.15, 0.2) is 64.2 Å². The Morgan fingerprint density at radius 2 is 1.57 bits per heavy atom. The molecule has 0 aliphatic carbocycles. The van der Waals surface area contributed by atoms with E-state index in [0.717, 1.165) is 28.6 Å². The minimum absolute atomic E-state index is 0.347. The molecular formula is C22H19N5O3. The van der Waals surface area contributed by atoms with Gasteiger partial charge >= 0.3 is 5.69 Å². The van der Waals surface area contributed by atoms with E-state index in [1.165, 1.54) is 4.57 Å². The maximum Gasteiger partial charge on any atom is 0.329 e. The normalized spacial score (nSPS) is 11.4. The van der Waals surface area contributed by atoms with Gasteiger partial charge in [0.25, 0.3) is 5.56 Å². The number of nitrogens with one attached hydrogen (secondary N) is 1. The molecule has 0 unspecified atom stereocenters. The van der Waals surface area contributed by atoms with Crippen molar-refractivity contribution in [1.29, 1.82) is 0 Å². The van der Waals surface area contributed by atoms with Gasteiger partial charge in [-0.05, 0) is 50.2 Å². The van der Waals surface area contributed by atoms with Crippen molar-refractivity contribution in [3.8, 4) is 17.2 Å². The molecule has 0 amide bonds. The second-order valence-corrected chi connectivity index (χ2v) is 7.15. The third kappa shape index (κ3) is 2.57. The van der Waals surface area contributed by atoms with Crippen molar-refractivity contribution in [2.45, 2.75) is 13.8 Å². The van der Waals surface area contributed by atoms with E-state index in [9.17, 15) is 9.59 Å². The highest BCUT2D eigenvalue weighted by Gasteiger charge is 2.21. The van der Waals surface area contributed by atoms with Gasteiger partial charge in [0, 0.05) is 24.1 Å². The Balaban J connectivity index is 1.67. The zero-order valence-electron chi connectivity index (χ0n) is 16.7. The molecule has 8 nitrogen and oxygen atoms in total. The number of aromatic amines is 1. The van der Waals surface area contributed by atoms with Crippen molar-refractivity contribution < 1.29 is 4.74 Å². The maximum absolute atomic E-state index is 12.5. The van der Waals surface area contributed by atoms with Gasteiger partial charge in [-0.3, -0.25) is 23.3 Å². The topological polar surface area (TPSA) is 86.3 Å². The molecule has 3 heterocycles. The summed E-state index contributed by atoms with van der Waals surface area (Å²) in [6.45, 7) is 3.90. The summed E-state index contributed by atoms with van der Waals surface area (Å²) in [5.41, 5.74) is 2.47. The van der Waals surface area contributed by atoms with Gasteiger partial charge in [-0.2, -0.15) is 4.98 Å². The standard InChI is InChI=1S/C22H19N5O3/c1-13-14(2)27-18-19(25(3)22(29)24-20(18)28)23-21(27)26(13)15-9-11-17(12-10-15)30-16-7-5-4-6-8-16/h4-12H,1-3H3,(H,24,28,29). The Morgan fingerprint density at radius 3 is 2.27 bits per heavy atom. The van der Waals surface area contributed by atoms with E-state index in [4.69, 9.17) is 4.74 Å². The number of hydrogen-bond acceptors (Lipinski definition) is 4. The first kappa shape index (κ1) is 18.0. The molecule has 0 atom stereocenters. The molecule has 3 aromatic heterocycles. The second-order valence-electron chi connectivity index (χ2n) is 7.15. The zero-order chi connectivity index (χ0) is 21.0. The number of H-pyrrole nitrogens is 1. The summed E-state index contributed by atoms with van der Waals surface area (Å²) in [5.74, 6) is 2.05. The quantitative estimate of drug-likeness (QED) is 0.503. The number of nitrogens with zero attached hydrogens (tertiary/aromatic N) is 4. The molecule has 150 valence electrons. The minimum Gasteiger partial charge on any atom is -0.457 e. The fraction of sp³-hybridized carbons (Fsp3) is 0.136. The summed E-state index contributed by atoms with van der Waals surface area (Å²) in [4.78, 5) is 31.5. The fourth-order valence-electron chi connectivity index (χ4n) is 3.71. The van der Waals surface area contributed by atoms with Crippen LogP contribution >= 0.6 is 0 Å². The molecule has 0 spiro atoms. The smallest absolute Gasteiger partial charge is 0.329 e. The lowest BCUT2D eigenvalue weighted by Crippen LogP contribution is -2.28. The number of rotatable bonds is 3. The van der Waals surface area contributed by atoms with Gasteiger partial charge in [0.05, 0.1) is 0 Å². The number of aryl methyl sites for hydroxylation is 2. The molecule has 0 aliphatic rings. The highest BCUT2D eigenvalue weighted by molar-refractivity contribution is 5.77. The Kier molecular flexibility index (Phi) is 3.89. The lowest BCUT2D eigenvalue weighted by molar-refractivity contribution is 0.482. The molecule has 0 fully saturated rings. The average Bonchev–Trinajstić information content (AvgIpc) is 3.24. The molecule has 5 aromatic rings. The maximum atomic E-state index is 12.5. The van der Waals surface area contributed by atoms with Crippen LogP contribution in [0.25, 0.3) is 22.6 Å². The highest BCUT2D eigenvalue weighted by atomic mass is 16.5. The number of fused-ring (bicyclic) bond motifs is 3. The third-order valence-electron chi connectivity index (χ3n) is 5.37. The van der Waals surface area contributed by atoms with E-state index < -0.39 is 11.2 Å². The lowest BCUT2D eigenvalue weighted by Gasteiger charge is -2.09. The van der Waals surface area contributed by atoms with Crippen LogP contribution in [0, 0.1) is 13.8 Å². The number of para-hydroxylation sites is 1. The van der Waals surface area contributed by atoms with Crippen molar-refractivity contribution >= 4 is 16.9 Å². The first-order chi connectivity index (χ1) is 14.5. The lowest BCUT2D eigenvalue weighted by atomic mass is 10.2. The summed E-state index contributed by atoms with van der Waals surface area (Å²) >= 11 is 0. The number of hydrogen-bond donors (Lipinski definition) is 1. The largest absolute Gasteiger partial charge is 0.457 e. The average molecular weight is 401 g/mol. The molecule has 5 rings (SSSR count). The van der Waals surface area contributed by atoms with Crippen LogP contribution in [0.3, 0.4) is 0 Å². The predicted octanol–water partition coefficient (Wildman–Crippen LogP) is 3.07. The van der Waals surface area contributed by atoms with E-state index in [0.29, 0.717) is 16.9 Å². The molecule has 1 N–H and O–H groups in total. The van der Waals surface area contributed by atoms with E-state index in [2.05, 4.69) is 9.97 Å². The number of ether oxygens (including phenoxy) is 1. The first-order valence-electron chi connectivity index (χ1n) is 9.48. The van der Waals surface area contributed by atoms with Crippen molar-refractivity contribution in [2.75, 3.05) is 0 Å². The fourth-order valence-corrected chi connectivity index (χ4v) is 3.71. The van der Waals surface area contributed by atoms with Crippen molar-refractivity contribution in [3.05, 3.63) is 86.8 Å². The van der Waals surface area contributed by atoms with E-state index in [1.807, 2.05) is 73.0 Å². The molecule has 0 saturated carbocycles. The van der Waals surface area contributed by atoms with Crippen LogP contribution < -0.4 is 16.0 Å². The summed E-state index contributed by atoms with van der Waals surface area (Å²) in [7, 11) is 1.59. The number of benzene rings is 2. The van der Waals surface area contributed by atoms with Crippen LogP contribution in [-0.2, 0) is 7.05 Å². The molecule has 0 radical (unpaired) electrons. The van der Waals surface area contributed by atoms with Gasteiger partial charge in [0.15, 0.2) is 11.2 Å². The SMILES string of the molecule is Cc1c(C)n2c3c(=O)[nH]c(=O)n(C)c3nc2n1-c1ccc(Oc2ccccc2)cc1. The van der Waals surface area contributed by atoms with Gasteiger partial charge in [0.1, 0.15) is 11.5 Å². The van der Waals surface area contributed by atoms with E-state index in [-0.39, 0.29) is 0 Å². The molecule has 0 saturated heterocycles.